The third-order valence-electron chi connectivity index (χ3n) is 3.20. The third kappa shape index (κ3) is 3.63. The van der Waals surface area contributed by atoms with E-state index >= 15 is 0 Å². The van der Waals surface area contributed by atoms with Crippen molar-refractivity contribution in [3.05, 3.63) is 10.4 Å². The lowest BCUT2D eigenvalue weighted by Gasteiger charge is -2.19. The van der Waals surface area contributed by atoms with E-state index in [1.807, 2.05) is 13.8 Å². The fourth-order valence-electron chi connectivity index (χ4n) is 2.23. The second-order valence-electron chi connectivity index (χ2n) is 5.46. The number of carbonyl (C=O) groups excluding carboxylic acids is 1. The smallest absolute Gasteiger partial charge is 0.309 e. The van der Waals surface area contributed by atoms with Gasteiger partial charge in [0.05, 0.1) is 12.0 Å². The molecule has 96 valence electrons. The number of cyclic esters (lactones) is 1. The molecule has 1 aliphatic rings. The van der Waals surface area contributed by atoms with Crippen LogP contribution in [0.15, 0.2) is 5.11 Å². The zero-order valence-corrected chi connectivity index (χ0v) is 11.0. The summed E-state index contributed by atoms with van der Waals surface area (Å²) in [6.07, 6.45) is 1.19. The SMILES string of the molecule is CC(C)C[C@@H](N=[N+]=[N-])[C@H]1C[C@H](C(C)C)C(=O)O1. The van der Waals surface area contributed by atoms with Crippen LogP contribution >= 0.6 is 0 Å². The van der Waals surface area contributed by atoms with Crippen molar-refractivity contribution in [3.63, 3.8) is 0 Å². The van der Waals surface area contributed by atoms with Gasteiger partial charge in [0.25, 0.3) is 0 Å². The molecule has 5 heteroatoms. The van der Waals surface area contributed by atoms with Crippen LogP contribution in [-0.4, -0.2) is 18.1 Å². The van der Waals surface area contributed by atoms with Crippen LogP contribution in [0.1, 0.15) is 40.5 Å². The Morgan fingerprint density at radius 2 is 2.12 bits per heavy atom. The molecule has 0 aliphatic carbocycles. The van der Waals surface area contributed by atoms with Gasteiger partial charge in [-0.3, -0.25) is 4.79 Å². The van der Waals surface area contributed by atoms with Gasteiger partial charge in [-0.1, -0.05) is 32.8 Å². The first kappa shape index (κ1) is 13.8. The summed E-state index contributed by atoms with van der Waals surface area (Å²) < 4.78 is 5.35. The van der Waals surface area contributed by atoms with E-state index in [2.05, 4.69) is 23.9 Å². The minimum atomic E-state index is -0.242. The molecule has 1 fully saturated rings. The molecule has 3 atom stereocenters. The van der Waals surface area contributed by atoms with Crippen LogP contribution in [0.25, 0.3) is 10.4 Å². The number of nitrogens with zero attached hydrogens (tertiary/aromatic N) is 3. The number of esters is 1. The van der Waals surface area contributed by atoms with Crippen LogP contribution in [0.3, 0.4) is 0 Å². The molecule has 1 aliphatic heterocycles. The Bertz CT molecular complexity index is 322. The Morgan fingerprint density at radius 3 is 2.53 bits per heavy atom. The van der Waals surface area contributed by atoms with Crippen molar-refractivity contribution >= 4 is 5.97 Å². The molecule has 0 radical (unpaired) electrons. The topological polar surface area (TPSA) is 75.1 Å². The molecule has 1 heterocycles. The third-order valence-corrected chi connectivity index (χ3v) is 3.20. The van der Waals surface area contributed by atoms with E-state index in [0.29, 0.717) is 12.3 Å². The Balaban J connectivity index is 2.71. The van der Waals surface area contributed by atoms with Gasteiger partial charge in [0.1, 0.15) is 6.10 Å². The van der Waals surface area contributed by atoms with E-state index in [4.69, 9.17) is 10.3 Å². The number of rotatable bonds is 5. The van der Waals surface area contributed by atoms with Crippen LogP contribution in [-0.2, 0) is 9.53 Å². The summed E-state index contributed by atoms with van der Waals surface area (Å²) in [5, 5.41) is 3.78. The Labute approximate surface area is 102 Å². The fourth-order valence-corrected chi connectivity index (χ4v) is 2.23. The summed E-state index contributed by atoms with van der Waals surface area (Å²) in [6.45, 7) is 8.16. The molecule has 5 nitrogen and oxygen atoms in total. The van der Waals surface area contributed by atoms with Crippen molar-refractivity contribution in [1.82, 2.24) is 0 Å². The Hall–Kier alpha value is -1.22. The maximum Gasteiger partial charge on any atom is 0.309 e. The van der Waals surface area contributed by atoms with E-state index < -0.39 is 0 Å². The second-order valence-corrected chi connectivity index (χ2v) is 5.46. The molecular formula is C12H21N3O2. The molecule has 0 spiro atoms. The van der Waals surface area contributed by atoms with Crippen LogP contribution < -0.4 is 0 Å². The van der Waals surface area contributed by atoms with Gasteiger partial charge in [-0.05, 0) is 30.2 Å². The van der Waals surface area contributed by atoms with Crippen molar-refractivity contribution < 1.29 is 9.53 Å². The van der Waals surface area contributed by atoms with Gasteiger partial charge in [0.2, 0.25) is 0 Å². The molecule has 1 rings (SSSR count). The molecule has 0 aromatic carbocycles. The predicted molar refractivity (Wildman–Crippen MR) is 65.2 cm³/mol. The monoisotopic (exact) mass is 239 g/mol. The van der Waals surface area contributed by atoms with Gasteiger partial charge in [-0.15, -0.1) is 0 Å². The Kier molecular flexibility index (Phi) is 4.82. The first-order valence-corrected chi connectivity index (χ1v) is 6.20. The highest BCUT2D eigenvalue weighted by Crippen LogP contribution is 2.32. The number of ether oxygens (including phenoxy) is 1. The lowest BCUT2D eigenvalue weighted by molar-refractivity contribution is -0.145. The molecule has 0 aromatic heterocycles. The zero-order valence-electron chi connectivity index (χ0n) is 11.0. The van der Waals surface area contributed by atoms with Crippen LogP contribution in [0.2, 0.25) is 0 Å². The summed E-state index contributed by atoms with van der Waals surface area (Å²) in [7, 11) is 0. The average Bonchev–Trinajstić information content (AvgIpc) is 2.59. The lowest BCUT2D eigenvalue weighted by Crippen LogP contribution is -2.25. The van der Waals surface area contributed by atoms with Crippen molar-refractivity contribution in [2.75, 3.05) is 0 Å². The quantitative estimate of drug-likeness (QED) is 0.319. The number of azide groups is 1. The molecule has 17 heavy (non-hydrogen) atoms. The van der Waals surface area contributed by atoms with E-state index in [0.717, 1.165) is 6.42 Å². The summed E-state index contributed by atoms with van der Waals surface area (Å²) in [6, 6.07) is -0.229. The van der Waals surface area contributed by atoms with Crippen molar-refractivity contribution in [3.8, 4) is 0 Å². The summed E-state index contributed by atoms with van der Waals surface area (Å²) in [5.74, 6) is 0.496. The summed E-state index contributed by atoms with van der Waals surface area (Å²) in [5.41, 5.74) is 8.57. The number of hydrogen-bond acceptors (Lipinski definition) is 3. The highest BCUT2D eigenvalue weighted by Gasteiger charge is 2.39. The molecular weight excluding hydrogens is 218 g/mol. The minimum absolute atomic E-state index is 0.0523. The maximum absolute atomic E-state index is 11.7. The van der Waals surface area contributed by atoms with Gasteiger partial charge in [-0.2, -0.15) is 0 Å². The lowest BCUT2D eigenvalue weighted by atomic mass is 9.89. The number of carbonyl (C=O) groups is 1. The van der Waals surface area contributed by atoms with Crippen molar-refractivity contribution in [2.45, 2.75) is 52.7 Å². The summed E-state index contributed by atoms with van der Waals surface area (Å²) >= 11 is 0. The molecule has 0 N–H and O–H groups in total. The minimum Gasteiger partial charge on any atom is -0.462 e. The van der Waals surface area contributed by atoms with E-state index in [9.17, 15) is 4.79 Å². The van der Waals surface area contributed by atoms with Gasteiger partial charge >= 0.3 is 5.97 Å². The van der Waals surface area contributed by atoms with Crippen molar-refractivity contribution in [2.24, 2.45) is 22.9 Å². The van der Waals surface area contributed by atoms with Crippen LogP contribution in [0, 0.1) is 17.8 Å². The van der Waals surface area contributed by atoms with E-state index in [1.165, 1.54) is 0 Å². The van der Waals surface area contributed by atoms with Crippen LogP contribution in [0.5, 0.6) is 0 Å². The van der Waals surface area contributed by atoms with Gasteiger partial charge in [0.15, 0.2) is 0 Å². The van der Waals surface area contributed by atoms with Gasteiger partial charge in [-0.25, -0.2) is 0 Å². The normalized spacial score (nSPS) is 25.9. The largest absolute Gasteiger partial charge is 0.462 e. The highest BCUT2D eigenvalue weighted by molar-refractivity contribution is 5.75. The zero-order chi connectivity index (χ0) is 13.0. The molecule has 0 bridgehead atoms. The summed E-state index contributed by atoms with van der Waals surface area (Å²) in [4.78, 5) is 14.5. The molecule has 0 unspecified atom stereocenters. The van der Waals surface area contributed by atoms with E-state index in [-0.39, 0.29) is 30.0 Å². The number of hydrogen-bond donors (Lipinski definition) is 0. The predicted octanol–water partition coefficient (Wildman–Crippen LogP) is 3.30. The Morgan fingerprint density at radius 1 is 1.47 bits per heavy atom. The first-order valence-electron chi connectivity index (χ1n) is 6.20. The highest BCUT2D eigenvalue weighted by atomic mass is 16.6. The fraction of sp³-hybridized carbons (Fsp3) is 0.917. The molecule has 0 aromatic rings. The maximum atomic E-state index is 11.7. The molecule has 1 saturated heterocycles. The molecule has 0 amide bonds. The standard InChI is InChI=1S/C12H21N3O2/c1-7(2)5-10(14-15-13)11-6-9(8(3)4)12(16)17-11/h7-11H,5-6H2,1-4H3/t9-,10-,11-/m1/s1. The van der Waals surface area contributed by atoms with E-state index in [1.54, 1.807) is 0 Å². The van der Waals surface area contributed by atoms with Gasteiger partial charge < -0.3 is 4.74 Å². The molecule has 0 saturated carbocycles. The second kappa shape index (κ2) is 5.92. The van der Waals surface area contributed by atoms with Gasteiger partial charge in [0, 0.05) is 4.91 Å². The van der Waals surface area contributed by atoms with Crippen molar-refractivity contribution in [1.29, 1.82) is 0 Å². The van der Waals surface area contributed by atoms with Crippen LogP contribution in [0.4, 0.5) is 0 Å². The first-order chi connectivity index (χ1) is 7.95. The average molecular weight is 239 g/mol.